The second kappa shape index (κ2) is 6.17. The van der Waals surface area contributed by atoms with E-state index in [1.807, 2.05) is 54.6 Å². The summed E-state index contributed by atoms with van der Waals surface area (Å²) in [6.07, 6.45) is 0. The molecule has 1 atom stereocenters. The molecule has 0 radical (unpaired) electrons. The van der Waals surface area contributed by atoms with Crippen LogP contribution in [-0.2, 0) is 9.53 Å². The third kappa shape index (κ3) is 2.56. The SMILES string of the molecule is COCN1C(=O)C(N)CN(c2ccccc2)c2ccccc21. The molecule has 0 spiro atoms. The highest BCUT2D eigenvalue weighted by Crippen LogP contribution is 2.36. The van der Waals surface area contributed by atoms with Crippen LogP contribution in [0.3, 0.4) is 0 Å². The minimum atomic E-state index is -0.609. The number of anilines is 3. The molecule has 114 valence electrons. The van der Waals surface area contributed by atoms with Crippen molar-refractivity contribution in [3.63, 3.8) is 0 Å². The van der Waals surface area contributed by atoms with E-state index in [2.05, 4.69) is 4.90 Å². The van der Waals surface area contributed by atoms with Crippen molar-refractivity contribution in [2.75, 3.05) is 30.2 Å². The summed E-state index contributed by atoms with van der Waals surface area (Å²) in [6.45, 7) is 0.617. The van der Waals surface area contributed by atoms with Gasteiger partial charge in [0.05, 0.1) is 11.4 Å². The zero-order chi connectivity index (χ0) is 15.5. The van der Waals surface area contributed by atoms with Crippen LogP contribution < -0.4 is 15.5 Å². The van der Waals surface area contributed by atoms with Crippen molar-refractivity contribution >= 4 is 23.0 Å². The van der Waals surface area contributed by atoms with Crippen LogP contribution in [0, 0.1) is 0 Å². The molecule has 0 aromatic heterocycles. The van der Waals surface area contributed by atoms with Crippen molar-refractivity contribution < 1.29 is 9.53 Å². The molecule has 1 amide bonds. The molecule has 0 aliphatic carbocycles. The summed E-state index contributed by atoms with van der Waals surface area (Å²) in [6, 6.07) is 17.1. The molecule has 1 unspecified atom stereocenters. The number of hydrogen-bond donors (Lipinski definition) is 1. The molecule has 2 aromatic carbocycles. The molecule has 1 aliphatic rings. The number of methoxy groups -OCH3 is 1. The monoisotopic (exact) mass is 297 g/mol. The normalized spacial score (nSPS) is 18.1. The molecule has 0 saturated carbocycles. The quantitative estimate of drug-likeness (QED) is 0.942. The van der Waals surface area contributed by atoms with Gasteiger partial charge in [-0.05, 0) is 24.3 Å². The number of carbonyl (C=O) groups is 1. The Kier molecular flexibility index (Phi) is 4.09. The summed E-state index contributed by atoms with van der Waals surface area (Å²) in [7, 11) is 1.57. The largest absolute Gasteiger partial charge is 0.364 e. The number of rotatable bonds is 3. The lowest BCUT2D eigenvalue weighted by atomic mass is 10.2. The maximum atomic E-state index is 12.6. The minimum Gasteiger partial charge on any atom is -0.364 e. The maximum Gasteiger partial charge on any atom is 0.247 e. The van der Waals surface area contributed by atoms with Crippen molar-refractivity contribution in [3.8, 4) is 0 Å². The fraction of sp³-hybridized carbons (Fsp3) is 0.235. The summed E-state index contributed by atoms with van der Waals surface area (Å²) in [5.74, 6) is -0.132. The van der Waals surface area contributed by atoms with E-state index in [1.54, 1.807) is 12.0 Å². The van der Waals surface area contributed by atoms with Gasteiger partial charge in [-0.1, -0.05) is 30.3 Å². The molecule has 0 fully saturated rings. The molecule has 2 aromatic rings. The second-order valence-corrected chi connectivity index (χ2v) is 5.23. The van der Waals surface area contributed by atoms with E-state index in [4.69, 9.17) is 10.5 Å². The summed E-state index contributed by atoms with van der Waals surface area (Å²) < 4.78 is 5.18. The second-order valence-electron chi connectivity index (χ2n) is 5.23. The maximum absolute atomic E-state index is 12.6. The first-order valence-electron chi connectivity index (χ1n) is 7.20. The zero-order valence-electron chi connectivity index (χ0n) is 12.5. The lowest BCUT2D eigenvalue weighted by molar-refractivity contribution is -0.120. The van der Waals surface area contributed by atoms with Crippen molar-refractivity contribution in [3.05, 3.63) is 54.6 Å². The topological polar surface area (TPSA) is 58.8 Å². The number of fused-ring (bicyclic) bond motifs is 1. The molecule has 22 heavy (non-hydrogen) atoms. The van der Waals surface area contributed by atoms with Gasteiger partial charge in [0.2, 0.25) is 5.91 Å². The Morgan fingerprint density at radius 3 is 2.41 bits per heavy atom. The third-order valence-corrected chi connectivity index (χ3v) is 3.75. The molecular formula is C17H19N3O2. The van der Waals surface area contributed by atoms with E-state index in [0.717, 1.165) is 17.1 Å². The van der Waals surface area contributed by atoms with Gasteiger partial charge in [-0.3, -0.25) is 9.69 Å². The van der Waals surface area contributed by atoms with Gasteiger partial charge in [-0.25, -0.2) is 0 Å². The Bertz CT molecular complexity index is 660. The predicted octanol–water partition coefficient (Wildman–Crippen LogP) is 2.10. The summed E-state index contributed by atoms with van der Waals surface area (Å²) in [5.41, 5.74) is 8.89. The van der Waals surface area contributed by atoms with Gasteiger partial charge in [-0.15, -0.1) is 0 Å². The van der Waals surface area contributed by atoms with Crippen LogP contribution in [0.15, 0.2) is 54.6 Å². The molecule has 0 saturated heterocycles. The van der Waals surface area contributed by atoms with Gasteiger partial charge in [0.25, 0.3) is 0 Å². The number of ether oxygens (including phenoxy) is 1. The number of hydrogen-bond acceptors (Lipinski definition) is 4. The molecule has 5 nitrogen and oxygen atoms in total. The molecule has 1 aliphatic heterocycles. The first-order chi connectivity index (χ1) is 10.7. The van der Waals surface area contributed by atoms with Crippen molar-refractivity contribution in [2.24, 2.45) is 5.73 Å². The van der Waals surface area contributed by atoms with Crippen molar-refractivity contribution in [1.82, 2.24) is 0 Å². The van der Waals surface area contributed by atoms with E-state index >= 15 is 0 Å². The summed E-state index contributed by atoms with van der Waals surface area (Å²) in [5, 5.41) is 0. The van der Waals surface area contributed by atoms with E-state index in [0.29, 0.717) is 6.54 Å². The molecule has 0 bridgehead atoms. The molecule has 1 heterocycles. The third-order valence-electron chi connectivity index (χ3n) is 3.75. The van der Waals surface area contributed by atoms with Gasteiger partial charge in [0, 0.05) is 19.3 Å². The smallest absolute Gasteiger partial charge is 0.247 e. The lowest BCUT2D eigenvalue weighted by Crippen LogP contribution is -2.47. The van der Waals surface area contributed by atoms with Gasteiger partial charge < -0.3 is 15.4 Å². The summed E-state index contributed by atoms with van der Waals surface area (Å²) >= 11 is 0. The van der Waals surface area contributed by atoms with E-state index in [9.17, 15) is 4.79 Å². The van der Waals surface area contributed by atoms with Crippen LogP contribution in [0.1, 0.15) is 0 Å². The van der Waals surface area contributed by atoms with Gasteiger partial charge in [-0.2, -0.15) is 0 Å². The van der Waals surface area contributed by atoms with E-state index in [-0.39, 0.29) is 12.6 Å². The highest BCUT2D eigenvalue weighted by molar-refractivity contribution is 6.02. The Balaban J connectivity index is 2.12. The highest BCUT2D eigenvalue weighted by atomic mass is 16.5. The van der Waals surface area contributed by atoms with Crippen molar-refractivity contribution in [2.45, 2.75) is 6.04 Å². The summed E-state index contributed by atoms with van der Waals surface area (Å²) in [4.78, 5) is 16.2. The first kappa shape index (κ1) is 14.6. The fourth-order valence-electron chi connectivity index (χ4n) is 2.73. The average molecular weight is 297 g/mol. The highest BCUT2D eigenvalue weighted by Gasteiger charge is 2.31. The Morgan fingerprint density at radius 2 is 1.73 bits per heavy atom. The fourth-order valence-corrected chi connectivity index (χ4v) is 2.73. The van der Waals surface area contributed by atoms with Crippen LogP contribution in [-0.4, -0.2) is 32.3 Å². The van der Waals surface area contributed by atoms with Crippen LogP contribution in [0.4, 0.5) is 17.1 Å². The number of benzene rings is 2. The van der Waals surface area contributed by atoms with E-state index in [1.165, 1.54) is 0 Å². The average Bonchev–Trinajstić information content (AvgIpc) is 2.67. The van der Waals surface area contributed by atoms with Crippen LogP contribution >= 0.6 is 0 Å². The number of carbonyl (C=O) groups excluding carboxylic acids is 1. The molecule has 5 heteroatoms. The lowest BCUT2D eigenvalue weighted by Gasteiger charge is -2.26. The Labute approximate surface area is 129 Å². The number of nitrogens with two attached hydrogens (primary N) is 1. The standard InChI is InChI=1S/C17H19N3O2/c1-22-12-20-16-10-6-5-9-15(16)19(11-14(18)17(20)21)13-7-3-2-4-8-13/h2-10,14H,11-12,18H2,1H3. The zero-order valence-corrected chi connectivity index (χ0v) is 12.5. The Hall–Kier alpha value is -2.37. The van der Waals surface area contributed by atoms with Gasteiger partial charge in [0.1, 0.15) is 12.8 Å². The molecular weight excluding hydrogens is 278 g/mol. The molecule has 2 N–H and O–H groups in total. The number of amides is 1. The number of nitrogens with zero attached hydrogens (tertiary/aromatic N) is 2. The Morgan fingerprint density at radius 1 is 1.09 bits per heavy atom. The van der Waals surface area contributed by atoms with Gasteiger partial charge in [0.15, 0.2) is 0 Å². The molecule has 3 rings (SSSR count). The van der Waals surface area contributed by atoms with Crippen LogP contribution in [0.5, 0.6) is 0 Å². The van der Waals surface area contributed by atoms with Crippen LogP contribution in [0.2, 0.25) is 0 Å². The van der Waals surface area contributed by atoms with Crippen molar-refractivity contribution in [1.29, 1.82) is 0 Å². The minimum absolute atomic E-state index is 0.132. The first-order valence-corrected chi connectivity index (χ1v) is 7.20. The van der Waals surface area contributed by atoms with Crippen LogP contribution in [0.25, 0.3) is 0 Å². The van der Waals surface area contributed by atoms with Gasteiger partial charge >= 0.3 is 0 Å². The predicted molar refractivity (Wildman–Crippen MR) is 87.2 cm³/mol. The van der Waals surface area contributed by atoms with E-state index < -0.39 is 6.04 Å². The number of para-hydroxylation sites is 3.